The first-order valence-corrected chi connectivity index (χ1v) is 8.72. The molecule has 5 rings (SSSR count). The zero-order valence-corrected chi connectivity index (χ0v) is 14.5. The van der Waals surface area contributed by atoms with Crippen molar-refractivity contribution in [2.24, 2.45) is 7.05 Å². The molecular formula is C23H18N3+. The molecule has 0 radical (unpaired) electrons. The zero-order chi connectivity index (χ0) is 17.5. The number of fused-ring (bicyclic) bond motifs is 3. The fourth-order valence-corrected chi connectivity index (χ4v) is 3.79. The smallest absolute Gasteiger partial charge is 0.264 e. The molecule has 3 heteroatoms. The molecule has 0 fully saturated rings. The zero-order valence-electron chi connectivity index (χ0n) is 14.5. The number of imidazole rings is 1. The number of pyridine rings is 2. The number of nitrogens with zero attached hydrogens (tertiary/aromatic N) is 3. The van der Waals surface area contributed by atoms with Crippen LogP contribution in [0.25, 0.3) is 38.8 Å². The molecule has 3 heterocycles. The van der Waals surface area contributed by atoms with Gasteiger partial charge in [0, 0.05) is 29.4 Å². The molecule has 0 unspecified atom stereocenters. The van der Waals surface area contributed by atoms with Crippen molar-refractivity contribution >= 4 is 16.6 Å². The van der Waals surface area contributed by atoms with Gasteiger partial charge in [0.1, 0.15) is 17.9 Å². The summed E-state index contributed by atoms with van der Waals surface area (Å²) < 4.78 is 4.44. The van der Waals surface area contributed by atoms with Gasteiger partial charge in [0.05, 0.1) is 12.6 Å². The number of aryl methyl sites for hydroxylation is 1. The summed E-state index contributed by atoms with van der Waals surface area (Å²) in [5, 5.41) is 1.15. The quantitative estimate of drug-likeness (QED) is 0.430. The van der Waals surface area contributed by atoms with Crippen molar-refractivity contribution in [2.75, 3.05) is 0 Å². The Kier molecular flexibility index (Phi) is 3.32. The normalized spacial score (nSPS) is 11.3. The number of aromatic nitrogens is 3. The maximum Gasteiger partial charge on any atom is 0.295 e. The highest BCUT2D eigenvalue weighted by Crippen LogP contribution is 2.39. The van der Waals surface area contributed by atoms with Crippen LogP contribution >= 0.6 is 0 Å². The average Bonchev–Trinajstić information content (AvgIpc) is 3.10. The first kappa shape index (κ1) is 14.8. The Morgan fingerprint density at radius 2 is 1.46 bits per heavy atom. The molecule has 3 nitrogen and oxygen atoms in total. The van der Waals surface area contributed by atoms with Gasteiger partial charge in [0.25, 0.3) is 5.65 Å². The van der Waals surface area contributed by atoms with Crippen molar-refractivity contribution in [3.05, 3.63) is 91.5 Å². The second kappa shape index (κ2) is 5.81. The molecule has 0 bridgehead atoms. The summed E-state index contributed by atoms with van der Waals surface area (Å²) in [7, 11) is 2.10. The van der Waals surface area contributed by atoms with Crippen LogP contribution in [-0.4, -0.2) is 9.38 Å². The Labute approximate surface area is 151 Å². The van der Waals surface area contributed by atoms with E-state index in [0.717, 1.165) is 10.9 Å². The molecule has 0 aliphatic rings. The number of rotatable bonds is 2. The lowest BCUT2D eigenvalue weighted by atomic mass is 9.92. The molecule has 0 saturated heterocycles. The molecule has 5 aromatic rings. The fourth-order valence-electron chi connectivity index (χ4n) is 3.79. The van der Waals surface area contributed by atoms with Gasteiger partial charge in [-0.15, -0.1) is 0 Å². The molecule has 0 saturated carbocycles. The van der Waals surface area contributed by atoms with Crippen molar-refractivity contribution in [3.63, 3.8) is 0 Å². The molecule has 0 aliphatic carbocycles. The van der Waals surface area contributed by atoms with Crippen LogP contribution in [0, 0.1) is 0 Å². The van der Waals surface area contributed by atoms with Crippen LogP contribution in [0.2, 0.25) is 0 Å². The fraction of sp³-hybridized carbons (Fsp3) is 0.0435. The Balaban J connectivity index is 2.07. The van der Waals surface area contributed by atoms with Crippen molar-refractivity contribution in [2.45, 2.75) is 0 Å². The van der Waals surface area contributed by atoms with Gasteiger partial charge in [-0.05, 0) is 11.1 Å². The molecule has 0 aliphatic heterocycles. The topological polar surface area (TPSA) is 21.2 Å². The predicted molar refractivity (Wildman–Crippen MR) is 105 cm³/mol. The van der Waals surface area contributed by atoms with Gasteiger partial charge < -0.3 is 0 Å². The van der Waals surface area contributed by atoms with Crippen molar-refractivity contribution in [1.82, 2.24) is 9.38 Å². The number of hydrogen-bond acceptors (Lipinski definition) is 1. The van der Waals surface area contributed by atoms with E-state index in [-0.39, 0.29) is 0 Å². The first-order valence-electron chi connectivity index (χ1n) is 8.72. The maximum absolute atomic E-state index is 4.43. The summed E-state index contributed by atoms with van der Waals surface area (Å²) >= 11 is 0. The van der Waals surface area contributed by atoms with E-state index in [1.807, 2.05) is 12.4 Å². The number of benzene rings is 2. The minimum atomic E-state index is 1.15. The van der Waals surface area contributed by atoms with E-state index in [1.54, 1.807) is 0 Å². The summed E-state index contributed by atoms with van der Waals surface area (Å²) in [6.07, 6.45) is 8.07. The highest BCUT2D eigenvalue weighted by Gasteiger charge is 2.24. The van der Waals surface area contributed by atoms with Crippen molar-refractivity contribution < 1.29 is 4.57 Å². The molecule has 2 aromatic carbocycles. The van der Waals surface area contributed by atoms with E-state index in [9.17, 15) is 0 Å². The van der Waals surface area contributed by atoms with Gasteiger partial charge in [0.15, 0.2) is 0 Å². The van der Waals surface area contributed by atoms with Crippen LogP contribution in [0.1, 0.15) is 0 Å². The highest BCUT2D eigenvalue weighted by atomic mass is 15.1. The van der Waals surface area contributed by atoms with Crippen molar-refractivity contribution in [1.29, 1.82) is 0 Å². The molecule has 124 valence electrons. The summed E-state index contributed by atoms with van der Waals surface area (Å²) in [6.45, 7) is 0. The molecule has 0 amide bonds. The molecule has 0 N–H and O–H groups in total. The van der Waals surface area contributed by atoms with Gasteiger partial charge in [-0.3, -0.25) is 4.98 Å². The molecule has 26 heavy (non-hydrogen) atoms. The SMILES string of the molecule is C[n+]1ccn2c3ccncc3c(-c3ccccc3)c(-c3ccccc3)c21. The average molecular weight is 336 g/mol. The largest absolute Gasteiger partial charge is 0.295 e. The third kappa shape index (κ3) is 2.14. The maximum atomic E-state index is 4.43. The van der Waals surface area contributed by atoms with Gasteiger partial charge in [-0.1, -0.05) is 60.7 Å². The van der Waals surface area contributed by atoms with Gasteiger partial charge >= 0.3 is 0 Å². The second-order valence-corrected chi connectivity index (χ2v) is 6.48. The number of hydrogen-bond donors (Lipinski definition) is 0. The lowest BCUT2D eigenvalue weighted by Gasteiger charge is -2.13. The highest BCUT2D eigenvalue weighted by molar-refractivity contribution is 6.06. The van der Waals surface area contributed by atoms with E-state index in [2.05, 4.69) is 100 Å². The Morgan fingerprint density at radius 1 is 0.808 bits per heavy atom. The summed E-state index contributed by atoms with van der Waals surface area (Å²) in [5.41, 5.74) is 7.19. The second-order valence-electron chi connectivity index (χ2n) is 6.48. The summed E-state index contributed by atoms with van der Waals surface area (Å²) in [4.78, 5) is 4.43. The standard InChI is InChI=1S/C23H18N3/c1-25-14-15-26-20-12-13-24-16-19(20)21(17-8-4-2-5-9-17)22(23(25)26)18-10-6-3-7-11-18/h2-16H,1H3/q+1. The van der Waals surface area contributed by atoms with Crippen LogP contribution in [0.5, 0.6) is 0 Å². The molecule has 0 spiro atoms. The monoisotopic (exact) mass is 336 g/mol. The van der Waals surface area contributed by atoms with Crippen molar-refractivity contribution in [3.8, 4) is 22.3 Å². The van der Waals surface area contributed by atoms with Crippen LogP contribution in [0.15, 0.2) is 91.5 Å². The van der Waals surface area contributed by atoms with Crippen LogP contribution in [-0.2, 0) is 7.05 Å². The summed E-state index contributed by atoms with van der Waals surface area (Å²) in [6, 6.07) is 23.3. The Bertz CT molecular complexity index is 1220. The van der Waals surface area contributed by atoms with E-state index in [0.29, 0.717) is 0 Å². The third-order valence-corrected chi connectivity index (χ3v) is 4.93. The lowest BCUT2D eigenvalue weighted by molar-refractivity contribution is -0.644. The first-order chi connectivity index (χ1) is 12.8. The minimum absolute atomic E-state index is 1.15. The van der Waals surface area contributed by atoms with Crippen LogP contribution < -0.4 is 4.57 Å². The molecule has 3 aromatic heterocycles. The molecular weight excluding hydrogens is 318 g/mol. The van der Waals surface area contributed by atoms with E-state index in [4.69, 9.17) is 0 Å². The lowest BCUT2D eigenvalue weighted by Crippen LogP contribution is -2.26. The predicted octanol–water partition coefficient (Wildman–Crippen LogP) is 4.65. The van der Waals surface area contributed by atoms with Gasteiger partial charge in [-0.25, -0.2) is 4.57 Å². The Hall–Kier alpha value is -3.46. The van der Waals surface area contributed by atoms with Gasteiger partial charge in [-0.2, -0.15) is 4.40 Å². The molecule has 0 atom stereocenters. The van der Waals surface area contributed by atoms with E-state index < -0.39 is 0 Å². The van der Waals surface area contributed by atoms with Crippen LogP contribution in [0.3, 0.4) is 0 Å². The third-order valence-electron chi connectivity index (χ3n) is 4.93. The summed E-state index contributed by atoms with van der Waals surface area (Å²) in [5.74, 6) is 0. The van der Waals surface area contributed by atoms with E-state index >= 15 is 0 Å². The van der Waals surface area contributed by atoms with E-state index in [1.165, 1.54) is 27.9 Å². The minimum Gasteiger partial charge on any atom is -0.264 e. The van der Waals surface area contributed by atoms with Crippen LogP contribution in [0.4, 0.5) is 0 Å². The Morgan fingerprint density at radius 3 is 2.15 bits per heavy atom. The van der Waals surface area contributed by atoms with Gasteiger partial charge in [0.2, 0.25) is 0 Å².